The summed E-state index contributed by atoms with van der Waals surface area (Å²) >= 11 is 1.67. The number of thioether (sulfide) groups is 1. The molecule has 0 bridgehead atoms. The topological polar surface area (TPSA) is 68.4 Å². The molecule has 0 saturated carbocycles. The number of aliphatic hydroxyl groups is 1. The van der Waals surface area contributed by atoms with Crippen LogP contribution in [0.2, 0.25) is 0 Å². The quantitative estimate of drug-likeness (QED) is 0.785. The zero-order valence-electron chi connectivity index (χ0n) is 10.7. The lowest BCUT2D eigenvalue weighted by atomic mass is 10.2. The Morgan fingerprint density at radius 2 is 2.11 bits per heavy atom. The van der Waals surface area contributed by atoms with E-state index in [1.807, 2.05) is 24.3 Å². The molecule has 0 amide bonds. The minimum Gasteiger partial charge on any atom is -0.497 e. The predicted molar refractivity (Wildman–Crippen MR) is 74.2 cm³/mol. The third-order valence-corrected chi connectivity index (χ3v) is 3.52. The first kappa shape index (κ1) is 13.9. The van der Waals surface area contributed by atoms with Gasteiger partial charge in [0.15, 0.2) is 0 Å². The molecule has 0 aliphatic rings. The van der Waals surface area contributed by atoms with Crippen LogP contribution in [0.4, 0.5) is 0 Å². The van der Waals surface area contributed by atoms with Gasteiger partial charge in [-0.25, -0.2) is 0 Å². The Bertz CT molecular complexity index is 499. The Balaban J connectivity index is 1.95. The first-order valence-electron chi connectivity index (χ1n) is 5.99. The summed E-state index contributed by atoms with van der Waals surface area (Å²) in [6, 6.07) is 7.52. The molecule has 0 atom stereocenters. The van der Waals surface area contributed by atoms with E-state index in [0.29, 0.717) is 17.5 Å². The molecule has 1 aromatic carbocycles. The zero-order chi connectivity index (χ0) is 13.5. The Labute approximate surface area is 116 Å². The molecule has 1 N–H and O–H groups in total. The number of aromatic nitrogens is 2. The van der Waals surface area contributed by atoms with Crippen LogP contribution in [0.3, 0.4) is 0 Å². The van der Waals surface area contributed by atoms with Crippen molar-refractivity contribution in [2.45, 2.75) is 12.2 Å². The molecule has 0 saturated heterocycles. The summed E-state index contributed by atoms with van der Waals surface area (Å²) < 4.78 is 10.3. The number of aliphatic hydroxyl groups excluding tert-OH is 1. The normalized spacial score (nSPS) is 10.6. The number of benzene rings is 1. The highest BCUT2D eigenvalue weighted by Gasteiger charge is 2.08. The fourth-order valence-corrected chi connectivity index (χ4v) is 2.27. The van der Waals surface area contributed by atoms with Crippen LogP contribution in [0, 0.1) is 0 Å². The molecule has 102 valence electrons. The highest BCUT2D eigenvalue weighted by molar-refractivity contribution is 7.98. The largest absolute Gasteiger partial charge is 0.497 e. The van der Waals surface area contributed by atoms with Crippen LogP contribution in [-0.2, 0) is 5.75 Å². The Morgan fingerprint density at radius 3 is 2.79 bits per heavy atom. The summed E-state index contributed by atoms with van der Waals surface area (Å²) in [6.07, 6.45) is 0.782. The molecule has 0 spiro atoms. The number of ether oxygens (including phenoxy) is 1. The lowest BCUT2D eigenvalue weighted by molar-refractivity contribution is 0.296. The maximum atomic E-state index is 8.68. The standard InChI is InChI=1S/C13H16N2O3S/c1-17-11-5-3-10(4-6-11)13-14-12(18-15-13)9-19-8-2-7-16/h3-6,16H,2,7-9H2,1H3. The third-order valence-electron chi connectivity index (χ3n) is 2.49. The van der Waals surface area contributed by atoms with Gasteiger partial charge in [-0.1, -0.05) is 5.16 Å². The van der Waals surface area contributed by atoms with Crippen LogP contribution in [0.1, 0.15) is 12.3 Å². The van der Waals surface area contributed by atoms with Crippen molar-refractivity contribution in [2.75, 3.05) is 19.5 Å². The maximum absolute atomic E-state index is 8.68. The molecule has 1 aromatic heterocycles. The number of hydrogen-bond acceptors (Lipinski definition) is 6. The number of rotatable bonds is 7. The molecule has 0 unspecified atom stereocenters. The van der Waals surface area contributed by atoms with Gasteiger partial charge in [-0.2, -0.15) is 16.7 Å². The van der Waals surface area contributed by atoms with E-state index >= 15 is 0 Å². The zero-order valence-corrected chi connectivity index (χ0v) is 11.5. The van der Waals surface area contributed by atoms with Crippen molar-refractivity contribution in [2.24, 2.45) is 0 Å². The van der Waals surface area contributed by atoms with E-state index in [0.717, 1.165) is 23.5 Å². The highest BCUT2D eigenvalue weighted by atomic mass is 32.2. The van der Waals surface area contributed by atoms with Gasteiger partial charge in [0.25, 0.3) is 0 Å². The van der Waals surface area contributed by atoms with Crippen LogP contribution in [-0.4, -0.2) is 34.7 Å². The second kappa shape index (κ2) is 7.16. The molecule has 19 heavy (non-hydrogen) atoms. The first-order chi connectivity index (χ1) is 9.33. The van der Waals surface area contributed by atoms with E-state index in [2.05, 4.69) is 10.1 Å². The highest BCUT2D eigenvalue weighted by Crippen LogP contribution is 2.21. The maximum Gasteiger partial charge on any atom is 0.236 e. The van der Waals surface area contributed by atoms with Crippen molar-refractivity contribution in [1.82, 2.24) is 10.1 Å². The van der Waals surface area contributed by atoms with Crippen molar-refractivity contribution in [3.63, 3.8) is 0 Å². The lowest BCUT2D eigenvalue weighted by Crippen LogP contribution is -1.88. The van der Waals surface area contributed by atoms with E-state index in [1.54, 1.807) is 18.9 Å². The van der Waals surface area contributed by atoms with Crippen molar-refractivity contribution in [1.29, 1.82) is 0 Å². The van der Waals surface area contributed by atoms with Gasteiger partial charge in [0.05, 0.1) is 12.9 Å². The molecule has 1 heterocycles. The van der Waals surface area contributed by atoms with Crippen molar-refractivity contribution in [3.8, 4) is 17.1 Å². The van der Waals surface area contributed by atoms with Crippen LogP contribution in [0.15, 0.2) is 28.8 Å². The Hall–Kier alpha value is -1.53. The predicted octanol–water partition coefficient (Wildman–Crippen LogP) is 2.36. The molecular formula is C13H16N2O3S. The first-order valence-corrected chi connectivity index (χ1v) is 7.14. The van der Waals surface area contributed by atoms with Gasteiger partial charge >= 0.3 is 0 Å². The van der Waals surface area contributed by atoms with E-state index < -0.39 is 0 Å². The van der Waals surface area contributed by atoms with Gasteiger partial charge in [0, 0.05) is 12.2 Å². The summed E-state index contributed by atoms with van der Waals surface area (Å²) in [6.45, 7) is 0.216. The smallest absolute Gasteiger partial charge is 0.236 e. The molecule has 0 fully saturated rings. The van der Waals surface area contributed by atoms with Crippen LogP contribution < -0.4 is 4.74 Å². The summed E-state index contributed by atoms with van der Waals surface area (Å²) in [5, 5.41) is 12.6. The van der Waals surface area contributed by atoms with E-state index in [4.69, 9.17) is 14.4 Å². The van der Waals surface area contributed by atoms with E-state index in [-0.39, 0.29) is 6.61 Å². The minimum atomic E-state index is 0.216. The average molecular weight is 280 g/mol. The number of nitrogens with zero attached hydrogens (tertiary/aromatic N) is 2. The Morgan fingerprint density at radius 1 is 1.32 bits per heavy atom. The molecular weight excluding hydrogens is 264 g/mol. The molecule has 2 rings (SSSR count). The molecule has 0 aliphatic heterocycles. The summed E-state index contributed by atoms with van der Waals surface area (Å²) in [5.74, 6) is 3.54. The fraction of sp³-hybridized carbons (Fsp3) is 0.385. The monoisotopic (exact) mass is 280 g/mol. The van der Waals surface area contributed by atoms with Gasteiger partial charge < -0.3 is 14.4 Å². The number of hydrogen-bond donors (Lipinski definition) is 1. The molecule has 2 aromatic rings. The molecule has 0 aliphatic carbocycles. The second-order valence-corrected chi connectivity index (χ2v) is 4.98. The fourth-order valence-electron chi connectivity index (χ4n) is 1.50. The summed E-state index contributed by atoms with van der Waals surface area (Å²) in [5.41, 5.74) is 0.899. The Kier molecular flexibility index (Phi) is 5.23. The van der Waals surface area contributed by atoms with Gasteiger partial charge in [0.1, 0.15) is 5.75 Å². The molecule has 0 radical (unpaired) electrons. The summed E-state index contributed by atoms with van der Waals surface area (Å²) in [4.78, 5) is 4.33. The molecule has 6 heteroatoms. The van der Waals surface area contributed by atoms with E-state index in [1.165, 1.54) is 0 Å². The number of methoxy groups -OCH3 is 1. The van der Waals surface area contributed by atoms with Gasteiger partial charge in [0.2, 0.25) is 11.7 Å². The molecule has 5 nitrogen and oxygen atoms in total. The SMILES string of the molecule is COc1ccc(-c2noc(CSCCCO)n2)cc1. The minimum absolute atomic E-state index is 0.216. The van der Waals surface area contributed by atoms with Crippen LogP contribution >= 0.6 is 11.8 Å². The van der Waals surface area contributed by atoms with Crippen molar-refractivity contribution < 1.29 is 14.4 Å². The van der Waals surface area contributed by atoms with Crippen LogP contribution in [0.5, 0.6) is 5.75 Å². The lowest BCUT2D eigenvalue weighted by Gasteiger charge is -1.98. The van der Waals surface area contributed by atoms with Crippen LogP contribution in [0.25, 0.3) is 11.4 Å². The summed E-state index contributed by atoms with van der Waals surface area (Å²) in [7, 11) is 1.63. The van der Waals surface area contributed by atoms with Crippen molar-refractivity contribution in [3.05, 3.63) is 30.2 Å². The third kappa shape index (κ3) is 3.97. The van der Waals surface area contributed by atoms with Gasteiger partial charge in [-0.15, -0.1) is 0 Å². The van der Waals surface area contributed by atoms with Gasteiger partial charge in [-0.05, 0) is 36.4 Å². The van der Waals surface area contributed by atoms with Crippen molar-refractivity contribution >= 4 is 11.8 Å². The van der Waals surface area contributed by atoms with Gasteiger partial charge in [-0.3, -0.25) is 0 Å². The van der Waals surface area contributed by atoms with E-state index in [9.17, 15) is 0 Å². The second-order valence-electron chi connectivity index (χ2n) is 3.87. The average Bonchev–Trinajstić information content (AvgIpc) is 2.92.